The zero-order valence-electron chi connectivity index (χ0n) is 15.7. The molecule has 1 saturated heterocycles. The molecule has 0 unspecified atom stereocenters. The number of allylic oxidation sites excluding steroid dienone is 2. The van der Waals surface area contributed by atoms with Gasteiger partial charge >= 0.3 is 0 Å². The lowest BCUT2D eigenvalue weighted by atomic mass is 9.92. The summed E-state index contributed by atoms with van der Waals surface area (Å²) in [4.78, 5) is 4.42. The molecule has 0 amide bonds. The van der Waals surface area contributed by atoms with Gasteiger partial charge in [-0.25, -0.2) is 0 Å². The summed E-state index contributed by atoms with van der Waals surface area (Å²) < 4.78 is 28.0. The van der Waals surface area contributed by atoms with Crippen molar-refractivity contribution in [2.45, 2.75) is 44.5 Å². The van der Waals surface area contributed by atoms with Gasteiger partial charge in [-0.3, -0.25) is 4.99 Å². The lowest BCUT2D eigenvalue weighted by molar-refractivity contribution is -0.189. The smallest absolute Gasteiger partial charge is 0.168 e. The van der Waals surface area contributed by atoms with Crippen molar-refractivity contribution in [1.29, 1.82) is 0 Å². The van der Waals surface area contributed by atoms with E-state index in [4.69, 9.17) is 23.7 Å². The van der Waals surface area contributed by atoms with Gasteiger partial charge in [0.2, 0.25) is 0 Å². The maximum Gasteiger partial charge on any atom is 0.168 e. The first kappa shape index (κ1) is 18.7. The highest BCUT2D eigenvalue weighted by atomic mass is 16.7. The van der Waals surface area contributed by atoms with E-state index in [0.29, 0.717) is 24.7 Å². The summed E-state index contributed by atoms with van der Waals surface area (Å²) in [5.41, 5.74) is 0.793. The van der Waals surface area contributed by atoms with Crippen LogP contribution in [0.4, 0.5) is 5.69 Å². The fraction of sp³-hybridized carbons (Fsp3) is 0.550. The summed E-state index contributed by atoms with van der Waals surface area (Å²) in [5.74, 6) is 1.86. The van der Waals surface area contributed by atoms with Gasteiger partial charge in [-0.1, -0.05) is 0 Å². The predicted octanol–water partition coefficient (Wildman–Crippen LogP) is 4.01. The van der Waals surface area contributed by atoms with Crippen LogP contribution in [0.5, 0.6) is 11.5 Å². The van der Waals surface area contributed by atoms with Gasteiger partial charge in [0.05, 0.1) is 45.0 Å². The van der Waals surface area contributed by atoms with Crippen LogP contribution in [0.3, 0.4) is 0 Å². The van der Waals surface area contributed by atoms with Crippen molar-refractivity contribution in [3.8, 4) is 11.5 Å². The molecule has 1 saturated carbocycles. The molecule has 26 heavy (non-hydrogen) atoms. The molecular formula is C20H27NO5. The summed E-state index contributed by atoms with van der Waals surface area (Å²) >= 11 is 0. The first-order chi connectivity index (χ1) is 12.6. The van der Waals surface area contributed by atoms with E-state index in [-0.39, 0.29) is 11.9 Å². The standard InChI is InChI=1S/C20H27NO5/c1-15(26-17-6-9-20(10-7-17)24-12-13-25-20)8-11-21-16-4-5-18(22-2)19(14-16)23-3/h4-5,8,11,14,17H,6-7,9-10,12-13H2,1-3H3/b15-8+,21-11-. The van der Waals surface area contributed by atoms with Gasteiger partial charge in [-0.15, -0.1) is 0 Å². The van der Waals surface area contributed by atoms with E-state index in [9.17, 15) is 0 Å². The Balaban J connectivity index is 1.51. The van der Waals surface area contributed by atoms with Crippen molar-refractivity contribution in [1.82, 2.24) is 0 Å². The Labute approximate surface area is 154 Å². The Morgan fingerprint density at radius 2 is 1.81 bits per heavy atom. The van der Waals surface area contributed by atoms with Crippen molar-refractivity contribution >= 4 is 11.9 Å². The molecule has 6 heteroatoms. The zero-order chi connectivity index (χ0) is 18.4. The second-order valence-electron chi connectivity index (χ2n) is 6.52. The van der Waals surface area contributed by atoms with Gasteiger partial charge in [0.1, 0.15) is 0 Å². The van der Waals surface area contributed by atoms with E-state index >= 15 is 0 Å². The van der Waals surface area contributed by atoms with Crippen molar-refractivity contribution in [3.63, 3.8) is 0 Å². The van der Waals surface area contributed by atoms with Crippen molar-refractivity contribution in [3.05, 3.63) is 30.0 Å². The van der Waals surface area contributed by atoms with E-state index in [1.807, 2.05) is 31.2 Å². The van der Waals surface area contributed by atoms with Crippen LogP contribution in [0.15, 0.2) is 35.0 Å². The van der Waals surface area contributed by atoms with Crippen LogP contribution in [0.2, 0.25) is 0 Å². The molecule has 142 valence electrons. The number of aliphatic imine (C=N–C) groups is 1. The molecule has 6 nitrogen and oxygen atoms in total. The zero-order valence-corrected chi connectivity index (χ0v) is 15.7. The Morgan fingerprint density at radius 1 is 1.12 bits per heavy atom. The van der Waals surface area contributed by atoms with Crippen LogP contribution in [-0.4, -0.2) is 45.5 Å². The van der Waals surface area contributed by atoms with E-state index in [0.717, 1.165) is 37.1 Å². The molecule has 0 radical (unpaired) electrons. The molecule has 1 aromatic rings. The van der Waals surface area contributed by atoms with Crippen LogP contribution in [0.1, 0.15) is 32.6 Å². The van der Waals surface area contributed by atoms with Gasteiger partial charge < -0.3 is 23.7 Å². The number of nitrogens with zero attached hydrogens (tertiary/aromatic N) is 1. The van der Waals surface area contributed by atoms with E-state index in [2.05, 4.69) is 4.99 Å². The average molecular weight is 361 g/mol. The molecule has 0 aromatic heterocycles. The van der Waals surface area contributed by atoms with Gasteiger partial charge in [-0.05, 0) is 38.0 Å². The SMILES string of the molecule is COc1ccc(/N=C\C=C(/C)OC2CCC3(CC2)OCCO3)cc1OC. The molecule has 0 bridgehead atoms. The van der Waals surface area contributed by atoms with Crippen LogP contribution >= 0.6 is 0 Å². The molecule has 1 aliphatic carbocycles. The van der Waals surface area contributed by atoms with E-state index in [1.54, 1.807) is 20.4 Å². The van der Waals surface area contributed by atoms with E-state index < -0.39 is 0 Å². The maximum absolute atomic E-state index is 6.03. The Kier molecular flexibility index (Phi) is 6.16. The number of rotatable bonds is 6. The summed E-state index contributed by atoms with van der Waals surface area (Å²) in [6.45, 7) is 3.36. The minimum Gasteiger partial charge on any atom is -0.495 e. The first-order valence-electron chi connectivity index (χ1n) is 9.02. The highest BCUT2D eigenvalue weighted by Crippen LogP contribution is 2.37. The largest absolute Gasteiger partial charge is 0.495 e. The predicted molar refractivity (Wildman–Crippen MR) is 99.4 cm³/mol. The van der Waals surface area contributed by atoms with Crippen molar-refractivity contribution < 1.29 is 23.7 Å². The minimum absolute atomic E-state index is 0.208. The second kappa shape index (κ2) is 8.56. The van der Waals surface area contributed by atoms with Crippen molar-refractivity contribution in [2.24, 2.45) is 4.99 Å². The highest BCUT2D eigenvalue weighted by Gasteiger charge is 2.40. The number of hydrogen-bond donors (Lipinski definition) is 0. The third kappa shape index (κ3) is 4.56. The lowest BCUT2D eigenvalue weighted by Gasteiger charge is -2.35. The fourth-order valence-corrected chi connectivity index (χ4v) is 3.37. The van der Waals surface area contributed by atoms with Crippen LogP contribution in [-0.2, 0) is 14.2 Å². The molecule has 2 aliphatic rings. The molecule has 1 aromatic carbocycles. The Hall–Kier alpha value is -2.05. The van der Waals surface area contributed by atoms with Crippen LogP contribution in [0.25, 0.3) is 0 Å². The third-order valence-electron chi connectivity index (χ3n) is 4.76. The molecule has 2 fully saturated rings. The number of ether oxygens (including phenoxy) is 5. The summed E-state index contributed by atoms with van der Waals surface area (Å²) in [6, 6.07) is 5.55. The van der Waals surface area contributed by atoms with Crippen LogP contribution in [0, 0.1) is 0 Å². The lowest BCUT2D eigenvalue weighted by Crippen LogP contribution is -2.37. The van der Waals surface area contributed by atoms with Gasteiger partial charge in [-0.2, -0.15) is 0 Å². The number of hydrogen-bond acceptors (Lipinski definition) is 6. The maximum atomic E-state index is 6.03. The Morgan fingerprint density at radius 3 is 2.46 bits per heavy atom. The first-order valence-corrected chi connectivity index (χ1v) is 9.02. The molecule has 3 rings (SSSR count). The summed E-state index contributed by atoms with van der Waals surface area (Å²) in [6.07, 6.45) is 7.50. The third-order valence-corrected chi connectivity index (χ3v) is 4.76. The highest BCUT2D eigenvalue weighted by molar-refractivity contribution is 5.75. The van der Waals surface area contributed by atoms with Gasteiger partial charge in [0.15, 0.2) is 17.3 Å². The Bertz CT molecular complexity index is 654. The summed E-state index contributed by atoms with van der Waals surface area (Å²) in [7, 11) is 3.22. The molecule has 0 N–H and O–H groups in total. The monoisotopic (exact) mass is 361 g/mol. The normalized spacial score (nSPS) is 20.7. The van der Waals surface area contributed by atoms with E-state index in [1.165, 1.54) is 0 Å². The van der Waals surface area contributed by atoms with Gasteiger partial charge in [0.25, 0.3) is 0 Å². The molecule has 1 aliphatic heterocycles. The molecular weight excluding hydrogens is 334 g/mol. The number of methoxy groups -OCH3 is 2. The van der Waals surface area contributed by atoms with Crippen molar-refractivity contribution in [2.75, 3.05) is 27.4 Å². The topological polar surface area (TPSA) is 58.5 Å². The average Bonchev–Trinajstić information content (AvgIpc) is 3.12. The van der Waals surface area contributed by atoms with Crippen LogP contribution < -0.4 is 9.47 Å². The number of benzene rings is 1. The fourth-order valence-electron chi connectivity index (χ4n) is 3.37. The summed E-state index contributed by atoms with van der Waals surface area (Å²) in [5, 5.41) is 0. The van der Waals surface area contributed by atoms with Gasteiger partial charge in [0, 0.05) is 25.1 Å². The second-order valence-corrected chi connectivity index (χ2v) is 6.52. The molecule has 1 spiro atoms. The molecule has 1 heterocycles. The minimum atomic E-state index is -0.341. The molecule has 0 atom stereocenters. The quantitative estimate of drug-likeness (QED) is 0.566.